The first-order valence-electron chi connectivity index (χ1n) is 12.9. The Morgan fingerprint density at radius 1 is 1.05 bits per heavy atom. The molecule has 4 heterocycles. The third-order valence-electron chi connectivity index (χ3n) is 6.28. The molecular weight excluding hydrogens is 523 g/mol. The summed E-state index contributed by atoms with van der Waals surface area (Å²) in [6, 6.07) is 17.3. The number of rotatable bonds is 10. The van der Waals surface area contributed by atoms with E-state index in [9.17, 15) is 5.26 Å². The van der Waals surface area contributed by atoms with Crippen molar-refractivity contribution < 1.29 is 4.84 Å². The maximum atomic E-state index is 9.64. The average Bonchev–Trinajstić information content (AvgIpc) is 3.55. The first-order chi connectivity index (χ1) is 18.8. The van der Waals surface area contributed by atoms with Crippen molar-refractivity contribution in [1.29, 1.82) is 5.26 Å². The van der Waals surface area contributed by atoms with Gasteiger partial charge in [-0.25, -0.2) is 9.97 Å². The van der Waals surface area contributed by atoms with Gasteiger partial charge in [-0.3, -0.25) is 9.67 Å². The molecule has 0 aliphatic carbocycles. The van der Waals surface area contributed by atoms with Crippen LogP contribution >= 0.6 is 11.8 Å². The Hall–Kier alpha value is -3.94. The SMILES string of the molecule is Cc1nc(-c2cnn(C(CC#N)c3cncc(Sc4ccccc4)c3)c2)c2ccn(OCC[Si](C)(C)C)c2n1. The number of fused-ring (bicyclic) bond motifs is 1. The van der Waals surface area contributed by atoms with E-state index in [2.05, 4.69) is 59.0 Å². The Kier molecular flexibility index (Phi) is 7.81. The second-order valence-electron chi connectivity index (χ2n) is 10.6. The van der Waals surface area contributed by atoms with Gasteiger partial charge in [0.1, 0.15) is 12.4 Å². The van der Waals surface area contributed by atoms with Gasteiger partial charge in [-0.1, -0.05) is 49.6 Å². The van der Waals surface area contributed by atoms with E-state index in [1.54, 1.807) is 22.7 Å². The smallest absolute Gasteiger partial charge is 0.179 e. The molecular formula is C29H31N7OSSi. The average molecular weight is 554 g/mol. The number of pyridine rings is 1. The molecule has 10 heteroatoms. The first kappa shape index (κ1) is 26.7. The molecule has 39 heavy (non-hydrogen) atoms. The lowest BCUT2D eigenvalue weighted by molar-refractivity contribution is 0.130. The minimum atomic E-state index is -1.21. The van der Waals surface area contributed by atoms with E-state index in [4.69, 9.17) is 9.82 Å². The van der Waals surface area contributed by atoms with Gasteiger partial charge in [0.2, 0.25) is 0 Å². The van der Waals surface area contributed by atoms with Crippen molar-refractivity contribution in [3.05, 3.63) is 84.8 Å². The highest BCUT2D eigenvalue weighted by atomic mass is 32.2. The van der Waals surface area contributed by atoms with Crippen molar-refractivity contribution >= 4 is 30.9 Å². The minimum absolute atomic E-state index is 0.266. The van der Waals surface area contributed by atoms with Crippen LogP contribution in [0.5, 0.6) is 0 Å². The van der Waals surface area contributed by atoms with Gasteiger partial charge >= 0.3 is 0 Å². The van der Waals surface area contributed by atoms with Crippen LogP contribution in [-0.2, 0) is 0 Å². The van der Waals surface area contributed by atoms with Gasteiger partial charge in [0.25, 0.3) is 0 Å². The molecule has 5 aromatic rings. The molecule has 0 aliphatic rings. The quantitative estimate of drug-likeness (QED) is 0.184. The van der Waals surface area contributed by atoms with Crippen molar-refractivity contribution in [2.24, 2.45) is 0 Å². The summed E-state index contributed by atoms with van der Waals surface area (Å²) in [6.45, 7) is 9.54. The Balaban J connectivity index is 1.43. The third-order valence-corrected chi connectivity index (χ3v) is 8.95. The van der Waals surface area contributed by atoms with E-state index in [0.29, 0.717) is 12.4 Å². The second kappa shape index (κ2) is 11.4. The Morgan fingerprint density at radius 3 is 2.64 bits per heavy atom. The summed E-state index contributed by atoms with van der Waals surface area (Å²) in [5.41, 5.74) is 3.32. The highest BCUT2D eigenvalue weighted by molar-refractivity contribution is 7.99. The van der Waals surface area contributed by atoms with Crippen molar-refractivity contribution in [3.8, 4) is 17.3 Å². The largest absolute Gasteiger partial charge is 0.413 e. The summed E-state index contributed by atoms with van der Waals surface area (Å²) in [6.07, 6.45) is 9.56. The molecule has 0 spiro atoms. The van der Waals surface area contributed by atoms with E-state index in [0.717, 1.165) is 43.7 Å². The molecule has 4 aromatic heterocycles. The minimum Gasteiger partial charge on any atom is -0.413 e. The molecule has 0 saturated heterocycles. The van der Waals surface area contributed by atoms with Crippen molar-refractivity contribution in [3.63, 3.8) is 0 Å². The summed E-state index contributed by atoms with van der Waals surface area (Å²) in [5.74, 6) is 0.655. The fourth-order valence-corrected chi connectivity index (χ4v) is 5.83. The highest BCUT2D eigenvalue weighted by Gasteiger charge is 2.20. The maximum Gasteiger partial charge on any atom is 0.179 e. The number of aryl methyl sites for hydroxylation is 1. The van der Waals surface area contributed by atoms with E-state index >= 15 is 0 Å². The van der Waals surface area contributed by atoms with Crippen LogP contribution in [0.2, 0.25) is 25.7 Å². The zero-order chi connectivity index (χ0) is 27.4. The lowest BCUT2D eigenvalue weighted by atomic mass is 10.1. The summed E-state index contributed by atoms with van der Waals surface area (Å²) >= 11 is 1.64. The molecule has 0 saturated carbocycles. The molecule has 1 unspecified atom stereocenters. The summed E-state index contributed by atoms with van der Waals surface area (Å²) < 4.78 is 3.58. The molecule has 8 nitrogen and oxygen atoms in total. The molecule has 0 fully saturated rings. The van der Waals surface area contributed by atoms with Gasteiger partial charge < -0.3 is 4.84 Å². The van der Waals surface area contributed by atoms with Gasteiger partial charge in [-0.15, -0.1) is 0 Å². The summed E-state index contributed by atoms with van der Waals surface area (Å²) in [5, 5.41) is 15.2. The van der Waals surface area contributed by atoms with Gasteiger partial charge in [0, 0.05) is 53.6 Å². The van der Waals surface area contributed by atoms with E-state index in [1.807, 2.05) is 60.7 Å². The number of hydrogen-bond acceptors (Lipinski definition) is 7. The van der Waals surface area contributed by atoms with Gasteiger partial charge in [0.05, 0.1) is 30.4 Å². The van der Waals surface area contributed by atoms with Crippen molar-refractivity contribution in [2.45, 2.75) is 54.9 Å². The lowest BCUT2D eigenvalue weighted by Crippen LogP contribution is -2.25. The van der Waals surface area contributed by atoms with E-state index in [1.165, 1.54) is 0 Å². The zero-order valence-corrected chi connectivity index (χ0v) is 24.4. The predicted molar refractivity (Wildman–Crippen MR) is 156 cm³/mol. The standard InChI is InChI=1S/C29H31N7OSSi/c1-21-33-28(26-11-13-36(29(26)34-21)37-14-15-39(2,3)4)23-18-32-35(20-23)27(10-12-30)22-16-25(19-31-17-22)38-24-8-6-5-7-9-24/h5-9,11,13,16-20,27H,10,14-15H2,1-4H3. The Bertz CT molecular complexity index is 1620. The zero-order valence-electron chi connectivity index (χ0n) is 22.6. The number of nitrogens with zero attached hydrogens (tertiary/aromatic N) is 7. The lowest BCUT2D eigenvalue weighted by Gasteiger charge is -2.16. The molecule has 198 valence electrons. The van der Waals surface area contributed by atoms with E-state index < -0.39 is 8.07 Å². The molecule has 0 radical (unpaired) electrons. The number of aromatic nitrogens is 6. The number of benzene rings is 1. The molecule has 1 atom stereocenters. The molecule has 1 aromatic carbocycles. The van der Waals surface area contributed by atoms with E-state index in [-0.39, 0.29) is 12.5 Å². The third kappa shape index (κ3) is 6.38. The number of hydrogen-bond donors (Lipinski definition) is 0. The summed E-state index contributed by atoms with van der Waals surface area (Å²) in [7, 11) is -1.21. The monoisotopic (exact) mass is 553 g/mol. The normalized spacial score (nSPS) is 12.4. The second-order valence-corrected chi connectivity index (χ2v) is 17.4. The van der Waals surface area contributed by atoms with Crippen LogP contribution in [-0.4, -0.2) is 44.1 Å². The molecule has 5 rings (SSSR count). The van der Waals surface area contributed by atoms with Crippen LogP contribution in [0.15, 0.2) is 83.2 Å². The van der Waals surface area contributed by atoms with Crippen LogP contribution in [0.4, 0.5) is 0 Å². The summed E-state index contributed by atoms with van der Waals surface area (Å²) in [4.78, 5) is 22.1. The van der Waals surface area contributed by atoms with Crippen molar-refractivity contribution in [1.82, 2.24) is 29.5 Å². The predicted octanol–water partition coefficient (Wildman–Crippen LogP) is 6.42. The van der Waals surface area contributed by atoms with Crippen LogP contribution in [0.1, 0.15) is 23.9 Å². The molecule has 0 amide bonds. The van der Waals surface area contributed by atoms with Crippen LogP contribution in [0.3, 0.4) is 0 Å². The van der Waals surface area contributed by atoms with Gasteiger partial charge in [-0.2, -0.15) is 15.1 Å². The van der Waals surface area contributed by atoms with Crippen molar-refractivity contribution in [2.75, 3.05) is 6.61 Å². The van der Waals surface area contributed by atoms with Crippen LogP contribution < -0.4 is 4.84 Å². The fourth-order valence-electron chi connectivity index (χ4n) is 4.25. The molecule has 0 N–H and O–H groups in total. The molecule has 0 bridgehead atoms. The Labute approximate surface area is 233 Å². The van der Waals surface area contributed by atoms with Gasteiger partial charge in [0.15, 0.2) is 5.65 Å². The fraction of sp³-hybridized carbons (Fsp3) is 0.276. The van der Waals surface area contributed by atoms with Crippen LogP contribution in [0, 0.1) is 18.3 Å². The van der Waals surface area contributed by atoms with Crippen LogP contribution in [0.25, 0.3) is 22.3 Å². The molecule has 0 aliphatic heterocycles. The Morgan fingerprint density at radius 2 is 1.87 bits per heavy atom. The maximum absolute atomic E-state index is 9.64. The topological polar surface area (TPSA) is 94.4 Å². The van der Waals surface area contributed by atoms with Gasteiger partial charge in [-0.05, 0) is 42.8 Å². The number of nitriles is 1. The first-order valence-corrected chi connectivity index (χ1v) is 17.4. The highest BCUT2D eigenvalue weighted by Crippen LogP contribution is 2.32.